The second-order valence-electron chi connectivity index (χ2n) is 6.50. The van der Waals surface area contributed by atoms with Crippen molar-refractivity contribution in [2.24, 2.45) is 22.4 Å². The molecular formula is C17H22N2O3. The van der Waals surface area contributed by atoms with Crippen molar-refractivity contribution in [3.8, 4) is 11.5 Å². The van der Waals surface area contributed by atoms with Gasteiger partial charge in [-0.25, -0.2) is 5.43 Å². The Morgan fingerprint density at radius 1 is 1.50 bits per heavy atom. The minimum atomic E-state index is 0.0244. The second kappa shape index (κ2) is 5.63. The summed E-state index contributed by atoms with van der Waals surface area (Å²) < 4.78 is 5.04. The highest BCUT2D eigenvalue weighted by atomic mass is 16.5. The van der Waals surface area contributed by atoms with Gasteiger partial charge in [0.2, 0.25) is 5.91 Å². The van der Waals surface area contributed by atoms with Crippen LogP contribution in [0.4, 0.5) is 0 Å². The van der Waals surface area contributed by atoms with Crippen molar-refractivity contribution < 1.29 is 14.6 Å². The Bertz CT molecular complexity index is 614. The van der Waals surface area contributed by atoms with Gasteiger partial charge >= 0.3 is 0 Å². The molecule has 5 heteroatoms. The predicted molar refractivity (Wildman–Crippen MR) is 84.0 cm³/mol. The fraction of sp³-hybridized carbons (Fsp3) is 0.529. The van der Waals surface area contributed by atoms with E-state index in [0.717, 1.165) is 18.4 Å². The number of methoxy groups -OCH3 is 1. The third-order valence-corrected chi connectivity index (χ3v) is 5.21. The van der Waals surface area contributed by atoms with Crippen LogP contribution >= 0.6 is 0 Å². The third kappa shape index (κ3) is 2.56. The first kappa shape index (κ1) is 14.9. The summed E-state index contributed by atoms with van der Waals surface area (Å²) in [6.45, 7) is 2.22. The number of phenolic OH excluding ortho intramolecular Hbond substituents is 1. The largest absolute Gasteiger partial charge is 0.504 e. The predicted octanol–water partition coefficient (Wildman–Crippen LogP) is 2.68. The van der Waals surface area contributed by atoms with Crippen LogP contribution in [0.5, 0.6) is 11.5 Å². The number of carbonyl (C=O) groups is 1. The summed E-state index contributed by atoms with van der Waals surface area (Å²) in [4.78, 5) is 12.3. The maximum atomic E-state index is 12.3. The van der Waals surface area contributed by atoms with Gasteiger partial charge in [-0.1, -0.05) is 19.8 Å². The lowest BCUT2D eigenvalue weighted by atomic mass is 9.90. The highest BCUT2D eigenvalue weighted by Crippen LogP contribution is 2.66. The van der Waals surface area contributed by atoms with Crippen molar-refractivity contribution >= 4 is 12.1 Å². The first-order chi connectivity index (χ1) is 10.6. The van der Waals surface area contributed by atoms with Gasteiger partial charge in [-0.2, -0.15) is 5.10 Å². The van der Waals surface area contributed by atoms with Gasteiger partial charge in [-0.3, -0.25) is 4.79 Å². The average molecular weight is 302 g/mol. The Morgan fingerprint density at radius 3 is 3.00 bits per heavy atom. The molecule has 3 atom stereocenters. The van der Waals surface area contributed by atoms with Crippen molar-refractivity contribution in [2.75, 3.05) is 7.11 Å². The zero-order valence-electron chi connectivity index (χ0n) is 13.0. The minimum absolute atomic E-state index is 0.0244. The van der Waals surface area contributed by atoms with Gasteiger partial charge in [0.15, 0.2) is 11.5 Å². The van der Waals surface area contributed by atoms with E-state index in [1.165, 1.54) is 20.0 Å². The average Bonchev–Trinajstić information content (AvgIpc) is 3.14. The molecule has 1 aromatic carbocycles. The molecule has 2 aliphatic rings. The molecule has 0 unspecified atom stereocenters. The molecular weight excluding hydrogens is 280 g/mol. The van der Waals surface area contributed by atoms with Crippen molar-refractivity contribution in [3.63, 3.8) is 0 Å². The quantitative estimate of drug-likeness (QED) is 0.663. The van der Waals surface area contributed by atoms with Gasteiger partial charge < -0.3 is 9.84 Å². The topological polar surface area (TPSA) is 70.9 Å². The molecule has 0 heterocycles. The third-order valence-electron chi connectivity index (χ3n) is 5.21. The molecule has 0 aliphatic heterocycles. The minimum Gasteiger partial charge on any atom is -0.504 e. The molecule has 3 rings (SSSR count). The maximum Gasteiger partial charge on any atom is 0.244 e. The van der Waals surface area contributed by atoms with Crippen molar-refractivity contribution in [1.29, 1.82) is 0 Å². The summed E-state index contributed by atoms with van der Waals surface area (Å²) >= 11 is 0. The summed E-state index contributed by atoms with van der Waals surface area (Å²) in [6, 6.07) is 4.92. The smallest absolute Gasteiger partial charge is 0.244 e. The van der Waals surface area contributed by atoms with Gasteiger partial charge in [0.25, 0.3) is 0 Å². The van der Waals surface area contributed by atoms with Gasteiger partial charge in [0.1, 0.15) is 0 Å². The van der Waals surface area contributed by atoms with Gasteiger partial charge in [0, 0.05) is 5.92 Å². The van der Waals surface area contributed by atoms with Crippen LogP contribution in [0.1, 0.15) is 38.2 Å². The summed E-state index contributed by atoms with van der Waals surface area (Å²) in [5, 5.41) is 13.6. The Balaban J connectivity index is 1.59. The van der Waals surface area contributed by atoms with Crippen LogP contribution in [0.15, 0.2) is 23.3 Å². The molecule has 1 aromatic rings. The number of fused-ring (bicyclic) bond motifs is 1. The molecule has 0 spiro atoms. The fourth-order valence-corrected chi connectivity index (χ4v) is 3.86. The van der Waals surface area contributed by atoms with E-state index in [1.807, 2.05) is 0 Å². The Morgan fingerprint density at radius 2 is 2.32 bits per heavy atom. The standard InChI is InChI=1S/C17H22N2O3/c1-17-8-4-3-5-12(17)15(17)16(21)19-18-10-11-6-7-13(20)14(9-11)22-2/h6-7,9-10,12,15,20H,3-5,8H2,1-2H3,(H,19,21)/b18-10+/t12-,15+,17+/m1/s1. The van der Waals surface area contributed by atoms with Crippen LogP contribution in [-0.4, -0.2) is 24.3 Å². The number of hydrogen-bond donors (Lipinski definition) is 2. The molecule has 2 fully saturated rings. The number of nitrogens with one attached hydrogen (secondary N) is 1. The number of aromatic hydroxyl groups is 1. The van der Waals surface area contributed by atoms with E-state index in [-0.39, 0.29) is 23.0 Å². The van der Waals surface area contributed by atoms with Gasteiger partial charge in [-0.15, -0.1) is 0 Å². The monoisotopic (exact) mass is 302 g/mol. The number of phenols is 1. The molecule has 2 aliphatic carbocycles. The molecule has 1 amide bonds. The van der Waals surface area contributed by atoms with Crippen molar-refractivity contribution in [1.82, 2.24) is 5.43 Å². The van der Waals surface area contributed by atoms with Crippen LogP contribution in [0.2, 0.25) is 0 Å². The number of carbonyl (C=O) groups excluding carboxylic acids is 1. The maximum absolute atomic E-state index is 12.3. The first-order valence-corrected chi connectivity index (χ1v) is 7.76. The Hall–Kier alpha value is -2.04. The van der Waals surface area contributed by atoms with Crippen LogP contribution in [0, 0.1) is 17.3 Å². The summed E-state index contributed by atoms with van der Waals surface area (Å²) in [7, 11) is 1.49. The van der Waals surface area contributed by atoms with Gasteiger partial charge in [0.05, 0.1) is 13.3 Å². The zero-order valence-corrected chi connectivity index (χ0v) is 13.0. The number of hydrogen-bond acceptors (Lipinski definition) is 4. The second-order valence-corrected chi connectivity index (χ2v) is 6.50. The van der Waals surface area contributed by atoms with E-state index in [1.54, 1.807) is 24.4 Å². The van der Waals surface area contributed by atoms with E-state index >= 15 is 0 Å². The molecule has 2 N–H and O–H groups in total. The highest BCUT2D eigenvalue weighted by molar-refractivity contribution is 5.86. The lowest BCUT2D eigenvalue weighted by Crippen LogP contribution is -2.22. The highest BCUT2D eigenvalue weighted by Gasteiger charge is 2.64. The molecule has 0 saturated heterocycles. The van der Waals surface area contributed by atoms with Gasteiger partial charge in [-0.05, 0) is 47.9 Å². The normalized spacial score (nSPS) is 29.9. The van der Waals surface area contributed by atoms with Crippen LogP contribution < -0.4 is 10.2 Å². The molecule has 5 nitrogen and oxygen atoms in total. The van der Waals surface area contributed by atoms with Crippen molar-refractivity contribution in [3.05, 3.63) is 23.8 Å². The molecule has 0 bridgehead atoms. The summed E-state index contributed by atoms with van der Waals surface area (Å²) in [5.74, 6) is 1.14. The summed E-state index contributed by atoms with van der Waals surface area (Å²) in [5.41, 5.74) is 3.61. The van der Waals surface area contributed by atoms with E-state index in [2.05, 4.69) is 17.5 Å². The Labute approximate surface area is 130 Å². The SMILES string of the molecule is COc1cc(/C=N/NC(=O)[C@@H]2[C@H]3CCCC[C@@]32C)ccc1O. The van der Waals surface area contributed by atoms with E-state index < -0.39 is 0 Å². The number of amides is 1. The van der Waals surface area contributed by atoms with Crippen LogP contribution in [0.25, 0.3) is 0 Å². The molecule has 118 valence electrons. The van der Waals surface area contributed by atoms with E-state index in [4.69, 9.17) is 4.74 Å². The van der Waals surface area contributed by atoms with E-state index in [9.17, 15) is 9.90 Å². The lowest BCUT2D eigenvalue weighted by molar-refractivity contribution is -0.123. The number of benzene rings is 1. The Kier molecular flexibility index (Phi) is 3.81. The molecule has 2 saturated carbocycles. The summed E-state index contributed by atoms with van der Waals surface area (Å²) in [6.07, 6.45) is 6.34. The van der Waals surface area contributed by atoms with Crippen LogP contribution in [-0.2, 0) is 4.79 Å². The van der Waals surface area contributed by atoms with Crippen molar-refractivity contribution in [2.45, 2.75) is 32.6 Å². The lowest BCUT2D eigenvalue weighted by Gasteiger charge is -2.15. The first-order valence-electron chi connectivity index (χ1n) is 7.76. The van der Waals surface area contributed by atoms with E-state index in [0.29, 0.717) is 11.7 Å². The molecule has 0 radical (unpaired) electrons. The molecule has 0 aromatic heterocycles. The molecule has 22 heavy (non-hydrogen) atoms. The zero-order chi connectivity index (χ0) is 15.7. The fourth-order valence-electron chi connectivity index (χ4n) is 3.86. The number of rotatable bonds is 4. The number of ether oxygens (including phenoxy) is 1. The number of hydrazone groups is 1. The van der Waals surface area contributed by atoms with Crippen LogP contribution in [0.3, 0.4) is 0 Å². The number of nitrogens with zero attached hydrogens (tertiary/aromatic N) is 1.